The van der Waals surface area contributed by atoms with Crippen molar-refractivity contribution in [3.63, 3.8) is 0 Å². The number of pyridine rings is 1. The largest absolute Gasteiger partial charge is 0.384 e. The summed E-state index contributed by atoms with van der Waals surface area (Å²) in [6.07, 6.45) is 6.55. The van der Waals surface area contributed by atoms with E-state index in [1.54, 1.807) is 30.3 Å². The lowest BCUT2D eigenvalue weighted by atomic mass is 10.1. The molecule has 3 heterocycles. The lowest BCUT2D eigenvalue weighted by Crippen LogP contribution is -2.23. The number of hydrogen-bond acceptors (Lipinski definition) is 8. The number of benzene rings is 2. The van der Waals surface area contributed by atoms with E-state index in [2.05, 4.69) is 39.2 Å². The molecule has 0 bridgehead atoms. The van der Waals surface area contributed by atoms with Crippen LogP contribution in [0.5, 0.6) is 0 Å². The zero-order valence-corrected chi connectivity index (χ0v) is 25.7. The highest BCUT2D eigenvalue weighted by Gasteiger charge is 2.24. The van der Waals surface area contributed by atoms with Gasteiger partial charge >= 0.3 is 0 Å². The van der Waals surface area contributed by atoms with Crippen LogP contribution in [0.1, 0.15) is 67.0 Å². The van der Waals surface area contributed by atoms with Crippen LogP contribution in [0.3, 0.4) is 0 Å². The Bertz CT molecular complexity index is 1600. The van der Waals surface area contributed by atoms with Crippen molar-refractivity contribution in [1.82, 2.24) is 15.5 Å². The molecule has 1 aliphatic rings. The topological polar surface area (TPSA) is 121 Å². The molecule has 1 atom stereocenters. The molecule has 10 heteroatoms. The van der Waals surface area contributed by atoms with Crippen molar-refractivity contribution in [3.05, 3.63) is 95.0 Å². The first-order chi connectivity index (χ1) is 20.8. The van der Waals surface area contributed by atoms with Crippen molar-refractivity contribution in [3.8, 4) is 0 Å². The van der Waals surface area contributed by atoms with Gasteiger partial charge < -0.3 is 19.8 Å². The average Bonchev–Trinajstić information content (AvgIpc) is 3.64. The van der Waals surface area contributed by atoms with Crippen LogP contribution < -0.4 is 14.9 Å². The van der Waals surface area contributed by atoms with Crippen molar-refractivity contribution in [2.45, 2.75) is 69.8 Å². The standard InChI is InChI=1S/C33H41N5O4S/c1-3-4-5-6-8-27-9-7-10-33(35-27)38-20-18-26-22-29(15-16-30(26)38)43(40,41)37-28-13-11-25(12-14-28)17-19-34-23-31(39)32-21-24(2)36-42-32/h7,9-16,21-22,31,34,37,39H,3-6,8,17-20,23H2,1-2H3. The van der Waals surface area contributed by atoms with Crippen LogP contribution in [0.15, 0.2) is 76.1 Å². The number of unbranched alkanes of at least 4 members (excludes halogenated alkanes) is 3. The monoisotopic (exact) mass is 603 g/mol. The number of anilines is 3. The van der Waals surface area contributed by atoms with Gasteiger partial charge in [0.2, 0.25) is 0 Å². The maximum atomic E-state index is 13.2. The summed E-state index contributed by atoms with van der Waals surface area (Å²) >= 11 is 0. The Hall–Kier alpha value is -3.73. The molecule has 0 radical (unpaired) electrons. The Morgan fingerprint density at radius 1 is 1.02 bits per heavy atom. The van der Waals surface area contributed by atoms with Gasteiger partial charge in [-0.2, -0.15) is 0 Å². The number of rotatable bonds is 15. The third-order valence-corrected chi connectivity index (χ3v) is 9.10. The smallest absolute Gasteiger partial charge is 0.261 e. The maximum absolute atomic E-state index is 13.2. The predicted octanol–water partition coefficient (Wildman–Crippen LogP) is 5.86. The van der Waals surface area contributed by atoms with Crippen LogP contribution in [-0.4, -0.2) is 43.3 Å². The summed E-state index contributed by atoms with van der Waals surface area (Å²) < 4.78 is 34.3. The minimum atomic E-state index is -3.75. The van der Waals surface area contributed by atoms with Crippen LogP contribution in [-0.2, 0) is 29.3 Å². The highest BCUT2D eigenvalue weighted by atomic mass is 32.2. The van der Waals surface area contributed by atoms with Crippen molar-refractivity contribution < 1.29 is 18.0 Å². The second kappa shape index (κ2) is 14.2. The second-order valence-electron chi connectivity index (χ2n) is 11.1. The number of aliphatic hydroxyl groups is 1. The molecular weight excluding hydrogens is 562 g/mol. The molecule has 228 valence electrons. The minimum absolute atomic E-state index is 0.250. The van der Waals surface area contributed by atoms with E-state index in [9.17, 15) is 13.5 Å². The molecule has 0 saturated heterocycles. The zero-order chi connectivity index (χ0) is 30.2. The van der Waals surface area contributed by atoms with Gasteiger partial charge in [0.15, 0.2) is 5.76 Å². The van der Waals surface area contributed by atoms with Gasteiger partial charge in [-0.1, -0.05) is 49.5 Å². The molecule has 0 fully saturated rings. The van der Waals surface area contributed by atoms with Crippen LogP contribution in [0, 0.1) is 6.92 Å². The molecule has 1 unspecified atom stereocenters. The molecular formula is C33H41N5O4S. The number of aromatic nitrogens is 2. The quantitative estimate of drug-likeness (QED) is 0.145. The fourth-order valence-corrected chi connectivity index (χ4v) is 6.45. The fraction of sp³-hybridized carbons (Fsp3) is 0.394. The van der Waals surface area contributed by atoms with Crippen LogP contribution >= 0.6 is 0 Å². The summed E-state index contributed by atoms with van der Waals surface area (Å²) in [4.78, 5) is 7.33. The Morgan fingerprint density at radius 3 is 2.63 bits per heavy atom. The van der Waals surface area contributed by atoms with Crippen LogP contribution in [0.4, 0.5) is 17.2 Å². The molecule has 9 nitrogen and oxygen atoms in total. The SMILES string of the molecule is CCCCCCc1cccc(N2CCc3cc(S(=O)(=O)Nc4ccc(CCNCC(O)c5cc(C)no5)cc4)ccc32)n1. The van der Waals surface area contributed by atoms with Gasteiger partial charge in [0.1, 0.15) is 11.9 Å². The second-order valence-corrected chi connectivity index (χ2v) is 12.8. The van der Waals surface area contributed by atoms with Crippen LogP contribution in [0.25, 0.3) is 0 Å². The molecule has 4 aromatic rings. The summed E-state index contributed by atoms with van der Waals surface area (Å²) in [5.41, 5.74) is 5.41. The Kier molecular flexibility index (Phi) is 10.1. The molecule has 2 aromatic carbocycles. The number of sulfonamides is 1. The first-order valence-corrected chi connectivity index (χ1v) is 16.6. The molecule has 0 saturated carbocycles. The van der Waals surface area contributed by atoms with E-state index >= 15 is 0 Å². The Balaban J connectivity index is 1.15. The van der Waals surface area contributed by atoms with Gasteiger partial charge in [0.25, 0.3) is 10.0 Å². The lowest BCUT2D eigenvalue weighted by Gasteiger charge is -2.19. The number of fused-ring (bicyclic) bond motifs is 1. The third kappa shape index (κ3) is 8.01. The number of nitrogens with zero attached hydrogens (tertiary/aromatic N) is 3. The zero-order valence-electron chi connectivity index (χ0n) is 24.9. The van der Waals surface area contributed by atoms with Gasteiger partial charge in [-0.05, 0) is 92.7 Å². The summed E-state index contributed by atoms with van der Waals surface area (Å²) in [6.45, 7) is 5.80. The molecule has 43 heavy (non-hydrogen) atoms. The number of hydrogen-bond donors (Lipinski definition) is 3. The number of aryl methyl sites for hydroxylation is 2. The first kappa shape index (κ1) is 30.7. The minimum Gasteiger partial charge on any atom is -0.384 e. The molecule has 0 spiro atoms. The highest BCUT2D eigenvalue weighted by Crippen LogP contribution is 2.35. The lowest BCUT2D eigenvalue weighted by molar-refractivity contribution is 0.138. The van der Waals surface area contributed by atoms with E-state index in [0.717, 1.165) is 66.2 Å². The van der Waals surface area contributed by atoms with E-state index in [4.69, 9.17) is 9.51 Å². The molecule has 0 aliphatic carbocycles. The highest BCUT2D eigenvalue weighted by molar-refractivity contribution is 7.92. The normalized spacial score (nSPS) is 13.7. The van der Waals surface area contributed by atoms with E-state index in [-0.39, 0.29) is 4.90 Å². The molecule has 2 aromatic heterocycles. The molecule has 1 aliphatic heterocycles. The van der Waals surface area contributed by atoms with E-state index in [1.165, 1.54) is 19.3 Å². The molecule has 5 rings (SSSR count). The number of aliphatic hydroxyl groups excluding tert-OH is 1. The summed E-state index contributed by atoms with van der Waals surface area (Å²) in [7, 11) is -3.75. The Morgan fingerprint density at radius 2 is 1.86 bits per heavy atom. The van der Waals surface area contributed by atoms with Crippen molar-refractivity contribution in [2.75, 3.05) is 29.3 Å². The van der Waals surface area contributed by atoms with E-state index < -0.39 is 16.1 Å². The summed E-state index contributed by atoms with van der Waals surface area (Å²) in [5, 5.41) is 17.2. The number of nitrogens with one attached hydrogen (secondary N) is 2. The fourth-order valence-electron chi connectivity index (χ4n) is 5.34. The maximum Gasteiger partial charge on any atom is 0.261 e. The summed E-state index contributed by atoms with van der Waals surface area (Å²) in [6, 6.07) is 20.6. The van der Waals surface area contributed by atoms with Gasteiger partial charge in [-0.25, -0.2) is 13.4 Å². The third-order valence-electron chi connectivity index (χ3n) is 7.72. The van der Waals surface area contributed by atoms with Gasteiger partial charge in [-0.15, -0.1) is 0 Å². The van der Waals surface area contributed by atoms with E-state index in [1.807, 2.05) is 31.2 Å². The van der Waals surface area contributed by atoms with E-state index in [0.29, 0.717) is 24.5 Å². The van der Waals surface area contributed by atoms with Crippen molar-refractivity contribution in [2.24, 2.45) is 0 Å². The van der Waals surface area contributed by atoms with Gasteiger partial charge in [0, 0.05) is 36.2 Å². The van der Waals surface area contributed by atoms with Crippen LogP contribution in [0.2, 0.25) is 0 Å². The average molecular weight is 604 g/mol. The first-order valence-electron chi connectivity index (χ1n) is 15.1. The Labute approximate surface area is 254 Å². The predicted molar refractivity (Wildman–Crippen MR) is 169 cm³/mol. The molecule has 3 N–H and O–H groups in total. The van der Waals surface area contributed by atoms with Crippen molar-refractivity contribution >= 4 is 27.2 Å². The molecule has 0 amide bonds. The van der Waals surface area contributed by atoms with Gasteiger partial charge in [-0.3, -0.25) is 4.72 Å². The van der Waals surface area contributed by atoms with Crippen molar-refractivity contribution in [1.29, 1.82) is 0 Å². The summed E-state index contributed by atoms with van der Waals surface area (Å²) in [5.74, 6) is 1.36. The van der Waals surface area contributed by atoms with Gasteiger partial charge in [0.05, 0.1) is 10.6 Å².